The fourth-order valence-corrected chi connectivity index (χ4v) is 3.62. The van der Waals surface area contributed by atoms with Crippen molar-refractivity contribution < 1.29 is 4.74 Å². The van der Waals surface area contributed by atoms with Gasteiger partial charge >= 0.3 is 0 Å². The van der Waals surface area contributed by atoms with Crippen LogP contribution in [0.5, 0.6) is 5.75 Å². The number of nitrogens with two attached hydrogens (primary N) is 1. The van der Waals surface area contributed by atoms with E-state index in [1.54, 1.807) is 7.11 Å². The number of benzene rings is 1. The minimum absolute atomic E-state index is 0.110. The quantitative estimate of drug-likeness (QED) is 0.875. The highest BCUT2D eigenvalue weighted by atomic mass is 16.5. The lowest BCUT2D eigenvalue weighted by molar-refractivity contribution is 0.0725. The van der Waals surface area contributed by atoms with Crippen molar-refractivity contribution in [2.75, 3.05) is 26.7 Å². The summed E-state index contributed by atoms with van der Waals surface area (Å²) in [4.78, 5) is 2.60. The predicted octanol–water partition coefficient (Wildman–Crippen LogP) is 2.86. The van der Waals surface area contributed by atoms with Crippen LogP contribution < -0.4 is 10.5 Å². The first-order valence-electron chi connectivity index (χ1n) is 8.15. The highest BCUT2D eigenvalue weighted by Crippen LogP contribution is 2.35. The molecule has 0 saturated carbocycles. The lowest BCUT2D eigenvalue weighted by atomic mass is 9.76. The molecule has 1 aromatic rings. The van der Waals surface area contributed by atoms with E-state index in [1.165, 1.54) is 11.1 Å². The van der Waals surface area contributed by atoms with E-state index >= 15 is 0 Å². The Hall–Kier alpha value is -1.06. The number of aryl methyl sites for hydroxylation is 1. The van der Waals surface area contributed by atoms with Crippen molar-refractivity contribution in [3.8, 4) is 5.75 Å². The van der Waals surface area contributed by atoms with E-state index in [-0.39, 0.29) is 5.54 Å². The maximum atomic E-state index is 6.25. The Balaban J connectivity index is 2.29. The van der Waals surface area contributed by atoms with Crippen LogP contribution in [0.4, 0.5) is 0 Å². The number of methoxy groups -OCH3 is 1. The number of likely N-dealkylation sites (N-methyl/N-ethyl adjacent to an activating group) is 1. The van der Waals surface area contributed by atoms with Crippen molar-refractivity contribution in [3.63, 3.8) is 0 Å². The highest BCUT2D eigenvalue weighted by Gasteiger charge is 2.38. The summed E-state index contributed by atoms with van der Waals surface area (Å²) in [5.41, 5.74) is 9.22. The van der Waals surface area contributed by atoms with Crippen LogP contribution in [0, 0.1) is 5.92 Å². The van der Waals surface area contributed by atoms with E-state index < -0.39 is 0 Å². The van der Waals surface area contributed by atoms with Gasteiger partial charge in [-0.05, 0) is 55.0 Å². The Labute approximate surface area is 129 Å². The van der Waals surface area contributed by atoms with Crippen LogP contribution in [-0.2, 0) is 12.8 Å². The molecule has 21 heavy (non-hydrogen) atoms. The lowest BCUT2D eigenvalue weighted by Crippen LogP contribution is -2.58. The summed E-state index contributed by atoms with van der Waals surface area (Å²) >= 11 is 0. The molecule has 0 heterocycles. The van der Waals surface area contributed by atoms with E-state index in [9.17, 15) is 0 Å². The summed E-state index contributed by atoms with van der Waals surface area (Å²) in [7, 11) is 1.73. The van der Waals surface area contributed by atoms with Gasteiger partial charge in [0.2, 0.25) is 0 Å². The molecule has 0 amide bonds. The van der Waals surface area contributed by atoms with Crippen molar-refractivity contribution >= 4 is 0 Å². The van der Waals surface area contributed by atoms with Gasteiger partial charge in [0, 0.05) is 18.6 Å². The molecular weight excluding hydrogens is 260 g/mol. The predicted molar refractivity (Wildman–Crippen MR) is 88.9 cm³/mol. The standard InChI is InChI=1S/C18H30N2O/c1-5-20(12-14(2)3)18(13-19)9-8-15-6-7-17(21-4)10-16(15)11-18/h6-7,10,14H,5,8-9,11-13,19H2,1-4H3. The molecule has 0 spiro atoms. The summed E-state index contributed by atoms with van der Waals surface area (Å²) in [6.45, 7) is 9.73. The van der Waals surface area contributed by atoms with Gasteiger partial charge in [-0.15, -0.1) is 0 Å². The van der Waals surface area contributed by atoms with Crippen molar-refractivity contribution in [3.05, 3.63) is 29.3 Å². The first-order valence-corrected chi connectivity index (χ1v) is 8.15. The van der Waals surface area contributed by atoms with Gasteiger partial charge in [-0.2, -0.15) is 0 Å². The Morgan fingerprint density at radius 3 is 2.67 bits per heavy atom. The SMILES string of the molecule is CCN(CC(C)C)C1(CN)CCc2ccc(OC)cc2C1. The van der Waals surface area contributed by atoms with E-state index in [1.807, 2.05) is 0 Å². The topological polar surface area (TPSA) is 38.5 Å². The number of rotatable bonds is 6. The molecule has 0 radical (unpaired) electrons. The van der Waals surface area contributed by atoms with Crippen molar-refractivity contribution in [2.24, 2.45) is 11.7 Å². The fourth-order valence-electron chi connectivity index (χ4n) is 3.62. The first-order chi connectivity index (χ1) is 10.0. The third-order valence-electron chi connectivity index (χ3n) is 4.81. The van der Waals surface area contributed by atoms with Gasteiger partial charge in [0.15, 0.2) is 0 Å². The van der Waals surface area contributed by atoms with Crippen LogP contribution in [0.1, 0.15) is 38.3 Å². The molecule has 0 aliphatic heterocycles. The van der Waals surface area contributed by atoms with Gasteiger partial charge in [0.25, 0.3) is 0 Å². The zero-order valence-electron chi connectivity index (χ0n) is 14.0. The van der Waals surface area contributed by atoms with Crippen LogP contribution in [0.25, 0.3) is 0 Å². The molecule has 2 N–H and O–H groups in total. The molecule has 1 aliphatic rings. The summed E-state index contributed by atoms with van der Waals surface area (Å²) in [5.74, 6) is 1.62. The molecule has 1 unspecified atom stereocenters. The smallest absolute Gasteiger partial charge is 0.119 e. The van der Waals surface area contributed by atoms with E-state index in [2.05, 4.69) is 43.9 Å². The number of ether oxygens (including phenoxy) is 1. The molecule has 118 valence electrons. The Kier molecular flexibility index (Phi) is 5.28. The summed E-state index contributed by atoms with van der Waals surface area (Å²) < 4.78 is 5.39. The molecule has 1 aromatic carbocycles. The average Bonchev–Trinajstić information content (AvgIpc) is 2.51. The van der Waals surface area contributed by atoms with E-state index in [0.717, 1.165) is 44.6 Å². The van der Waals surface area contributed by atoms with Crippen molar-refractivity contribution in [2.45, 2.75) is 45.6 Å². The molecule has 3 heteroatoms. The van der Waals surface area contributed by atoms with Crippen molar-refractivity contribution in [1.29, 1.82) is 0 Å². The van der Waals surface area contributed by atoms with Gasteiger partial charge in [-0.1, -0.05) is 26.8 Å². The molecule has 0 saturated heterocycles. The summed E-state index contributed by atoms with van der Waals surface area (Å²) in [6, 6.07) is 6.48. The van der Waals surface area contributed by atoms with Gasteiger partial charge < -0.3 is 10.5 Å². The van der Waals surface area contributed by atoms with Crippen LogP contribution in [-0.4, -0.2) is 37.2 Å². The zero-order valence-corrected chi connectivity index (χ0v) is 14.0. The monoisotopic (exact) mass is 290 g/mol. The van der Waals surface area contributed by atoms with E-state index in [0.29, 0.717) is 5.92 Å². The number of hydrogen-bond acceptors (Lipinski definition) is 3. The fraction of sp³-hybridized carbons (Fsp3) is 0.667. The Morgan fingerprint density at radius 2 is 2.10 bits per heavy atom. The molecule has 0 aromatic heterocycles. The van der Waals surface area contributed by atoms with Crippen LogP contribution in [0.2, 0.25) is 0 Å². The van der Waals surface area contributed by atoms with Crippen LogP contribution in [0.3, 0.4) is 0 Å². The minimum Gasteiger partial charge on any atom is -0.497 e. The van der Waals surface area contributed by atoms with Crippen molar-refractivity contribution in [1.82, 2.24) is 4.90 Å². The molecule has 1 aliphatic carbocycles. The summed E-state index contributed by atoms with van der Waals surface area (Å²) in [5, 5.41) is 0. The summed E-state index contributed by atoms with van der Waals surface area (Å²) in [6.07, 6.45) is 3.31. The normalized spacial score (nSPS) is 21.7. The van der Waals surface area contributed by atoms with Crippen LogP contribution in [0.15, 0.2) is 18.2 Å². The molecular formula is C18H30N2O. The second-order valence-electron chi connectivity index (χ2n) is 6.67. The second kappa shape index (κ2) is 6.80. The highest BCUT2D eigenvalue weighted by molar-refractivity contribution is 5.39. The zero-order chi connectivity index (χ0) is 15.5. The molecule has 2 rings (SSSR count). The third kappa shape index (κ3) is 3.41. The number of hydrogen-bond donors (Lipinski definition) is 1. The van der Waals surface area contributed by atoms with Gasteiger partial charge in [0.1, 0.15) is 5.75 Å². The largest absolute Gasteiger partial charge is 0.497 e. The second-order valence-corrected chi connectivity index (χ2v) is 6.67. The molecule has 3 nitrogen and oxygen atoms in total. The maximum Gasteiger partial charge on any atom is 0.119 e. The van der Waals surface area contributed by atoms with Crippen LogP contribution >= 0.6 is 0 Å². The Bertz CT molecular complexity index is 472. The number of fused-ring (bicyclic) bond motifs is 1. The minimum atomic E-state index is 0.110. The maximum absolute atomic E-state index is 6.25. The molecule has 1 atom stereocenters. The number of nitrogens with zero attached hydrogens (tertiary/aromatic N) is 1. The van der Waals surface area contributed by atoms with Gasteiger partial charge in [-0.3, -0.25) is 4.90 Å². The molecule has 0 bridgehead atoms. The molecule has 0 fully saturated rings. The van der Waals surface area contributed by atoms with Gasteiger partial charge in [0.05, 0.1) is 7.11 Å². The lowest BCUT2D eigenvalue weighted by Gasteiger charge is -2.47. The van der Waals surface area contributed by atoms with E-state index in [4.69, 9.17) is 10.5 Å². The van der Waals surface area contributed by atoms with Gasteiger partial charge in [-0.25, -0.2) is 0 Å². The third-order valence-corrected chi connectivity index (χ3v) is 4.81. The first kappa shape index (κ1) is 16.3. The average molecular weight is 290 g/mol. The Morgan fingerprint density at radius 1 is 1.33 bits per heavy atom.